The highest BCUT2D eigenvalue weighted by Gasteiger charge is 2.34. The minimum atomic E-state index is -4.48. The van der Waals surface area contributed by atoms with E-state index < -0.39 is 17.3 Å². The molecule has 0 fully saturated rings. The molecule has 35 heavy (non-hydrogen) atoms. The third-order valence-corrected chi connectivity index (χ3v) is 5.82. The van der Waals surface area contributed by atoms with Crippen molar-refractivity contribution in [1.82, 2.24) is 0 Å². The van der Waals surface area contributed by atoms with E-state index in [0.717, 1.165) is 17.7 Å². The molecule has 0 spiro atoms. The first-order valence-electron chi connectivity index (χ1n) is 11.2. The zero-order valence-electron chi connectivity index (χ0n) is 19.1. The largest absolute Gasteiger partial charge is 0.489 e. The van der Waals surface area contributed by atoms with E-state index in [4.69, 9.17) is 9.47 Å². The lowest BCUT2D eigenvalue weighted by Gasteiger charge is -2.29. The minimum absolute atomic E-state index is 0.189. The Hall–Kier alpha value is -3.77. The van der Waals surface area contributed by atoms with Crippen molar-refractivity contribution in [2.45, 2.75) is 31.7 Å². The van der Waals surface area contributed by atoms with Gasteiger partial charge < -0.3 is 14.6 Å². The highest BCUT2D eigenvalue weighted by molar-refractivity contribution is 5.42. The molecular formula is C29H25F3O3. The second-order valence-corrected chi connectivity index (χ2v) is 8.16. The maximum absolute atomic E-state index is 13.2. The van der Waals surface area contributed by atoms with Gasteiger partial charge in [-0.1, -0.05) is 61.5 Å². The van der Waals surface area contributed by atoms with Crippen LogP contribution in [0.2, 0.25) is 0 Å². The molecule has 0 aliphatic rings. The summed E-state index contributed by atoms with van der Waals surface area (Å²) in [5, 5.41) is 11.3. The van der Waals surface area contributed by atoms with Crippen molar-refractivity contribution in [1.29, 1.82) is 0 Å². The smallest absolute Gasteiger partial charge is 0.416 e. The third kappa shape index (κ3) is 5.84. The van der Waals surface area contributed by atoms with E-state index in [0.29, 0.717) is 29.4 Å². The highest BCUT2D eigenvalue weighted by atomic mass is 19.4. The van der Waals surface area contributed by atoms with E-state index in [-0.39, 0.29) is 12.0 Å². The van der Waals surface area contributed by atoms with Crippen molar-refractivity contribution in [2.75, 3.05) is 0 Å². The van der Waals surface area contributed by atoms with Gasteiger partial charge >= 0.3 is 6.18 Å². The molecule has 6 heteroatoms. The molecule has 180 valence electrons. The first-order chi connectivity index (χ1) is 16.8. The summed E-state index contributed by atoms with van der Waals surface area (Å²) in [4.78, 5) is 0. The van der Waals surface area contributed by atoms with Crippen LogP contribution in [0.3, 0.4) is 0 Å². The van der Waals surface area contributed by atoms with Crippen LogP contribution in [0, 0.1) is 0 Å². The summed E-state index contributed by atoms with van der Waals surface area (Å²) < 4.78 is 51.1. The maximum atomic E-state index is 13.2. The predicted octanol–water partition coefficient (Wildman–Crippen LogP) is 7.72. The molecular weight excluding hydrogens is 453 g/mol. The molecule has 0 aliphatic heterocycles. The van der Waals surface area contributed by atoms with Gasteiger partial charge in [0.1, 0.15) is 29.5 Å². The molecule has 0 radical (unpaired) electrons. The average molecular weight is 479 g/mol. The average Bonchev–Trinajstić information content (AvgIpc) is 2.88. The number of alkyl halides is 3. The number of benzene rings is 4. The van der Waals surface area contributed by atoms with E-state index in [1.54, 1.807) is 43.3 Å². The number of hydrogen-bond acceptors (Lipinski definition) is 3. The molecule has 4 rings (SSSR count). The van der Waals surface area contributed by atoms with E-state index in [2.05, 4.69) is 0 Å². The number of hydrogen-bond donors (Lipinski definition) is 1. The Labute approximate surface area is 202 Å². The van der Waals surface area contributed by atoms with Gasteiger partial charge in [0.2, 0.25) is 0 Å². The molecule has 1 N–H and O–H groups in total. The topological polar surface area (TPSA) is 38.7 Å². The summed E-state index contributed by atoms with van der Waals surface area (Å²) in [6.07, 6.45) is -4.27. The molecule has 1 unspecified atom stereocenters. The predicted molar refractivity (Wildman–Crippen MR) is 128 cm³/mol. The van der Waals surface area contributed by atoms with Gasteiger partial charge in [-0.2, -0.15) is 13.2 Å². The lowest BCUT2D eigenvalue weighted by molar-refractivity contribution is -0.137. The summed E-state index contributed by atoms with van der Waals surface area (Å²) in [6.45, 7) is 2.20. The maximum Gasteiger partial charge on any atom is 0.416 e. The molecule has 0 aliphatic carbocycles. The zero-order valence-corrected chi connectivity index (χ0v) is 19.1. The van der Waals surface area contributed by atoms with Crippen molar-refractivity contribution in [2.24, 2.45) is 0 Å². The van der Waals surface area contributed by atoms with Crippen molar-refractivity contribution >= 4 is 0 Å². The SMILES string of the molecule is CCC(O)(c1ccc(Oc2ccc(OCc3ccccc3)cc2)cc1)c1cccc(C(F)(F)F)c1. The van der Waals surface area contributed by atoms with Crippen molar-refractivity contribution in [3.8, 4) is 17.2 Å². The van der Waals surface area contributed by atoms with Crippen LogP contribution in [-0.2, 0) is 18.4 Å². The van der Waals surface area contributed by atoms with Crippen LogP contribution >= 0.6 is 0 Å². The monoisotopic (exact) mass is 478 g/mol. The summed E-state index contributed by atoms with van der Waals surface area (Å²) in [5.74, 6) is 1.85. The molecule has 0 heterocycles. The molecule has 0 saturated carbocycles. The Morgan fingerprint density at radius 3 is 1.83 bits per heavy atom. The second-order valence-electron chi connectivity index (χ2n) is 8.16. The van der Waals surface area contributed by atoms with E-state index in [1.807, 2.05) is 42.5 Å². The van der Waals surface area contributed by atoms with Gasteiger partial charge in [-0.05, 0) is 71.6 Å². The van der Waals surface area contributed by atoms with Gasteiger partial charge in [-0.15, -0.1) is 0 Å². The summed E-state index contributed by atoms with van der Waals surface area (Å²) >= 11 is 0. The van der Waals surface area contributed by atoms with Crippen LogP contribution in [-0.4, -0.2) is 5.11 Å². The molecule has 1 atom stereocenters. The van der Waals surface area contributed by atoms with Crippen LogP contribution in [0.15, 0.2) is 103 Å². The fourth-order valence-corrected chi connectivity index (χ4v) is 3.81. The minimum Gasteiger partial charge on any atom is -0.489 e. The quantitative estimate of drug-likeness (QED) is 0.282. The summed E-state index contributed by atoms with van der Waals surface area (Å²) in [6, 6.07) is 28.6. The Bertz CT molecular complexity index is 1240. The molecule has 0 aromatic heterocycles. The van der Waals surface area contributed by atoms with Crippen molar-refractivity contribution in [3.05, 3.63) is 125 Å². The number of halogens is 3. The fourth-order valence-electron chi connectivity index (χ4n) is 3.81. The van der Waals surface area contributed by atoms with Crippen LogP contribution in [0.25, 0.3) is 0 Å². The van der Waals surface area contributed by atoms with Crippen LogP contribution < -0.4 is 9.47 Å². The standard InChI is InChI=1S/C29H25F3O3/c1-2-28(33,23-9-6-10-24(19-23)29(30,31)32)22-11-13-26(14-12-22)35-27-17-15-25(16-18-27)34-20-21-7-4-3-5-8-21/h3-19,33H,2,20H2,1H3. The molecule has 4 aromatic rings. The van der Waals surface area contributed by atoms with Crippen LogP contribution in [0.4, 0.5) is 13.2 Å². The number of rotatable bonds is 8. The number of ether oxygens (including phenoxy) is 2. The molecule has 0 bridgehead atoms. The number of aliphatic hydroxyl groups is 1. The van der Waals surface area contributed by atoms with Crippen LogP contribution in [0.5, 0.6) is 17.2 Å². The van der Waals surface area contributed by atoms with Gasteiger partial charge in [0, 0.05) is 0 Å². The van der Waals surface area contributed by atoms with Crippen molar-refractivity contribution < 1.29 is 27.8 Å². The second kappa shape index (κ2) is 10.2. The summed E-state index contributed by atoms with van der Waals surface area (Å²) in [7, 11) is 0. The first-order valence-corrected chi connectivity index (χ1v) is 11.2. The fraction of sp³-hybridized carbons (Fsp3) is 0.172. The van der Waals surface area contributed by atoms with Gasteiger partial charge in [0.25, 0.3) is 0 Å². The Balaban J connectivity index is 1.44. The lowest BCUT2D eigenvalue weighted by Crippen LogP contribution is -2.26. The van der Waals surface area contributed by atoms with Crippen molar-refractivity contribution in [3.63, 3.8) is 0 Å². The Morgan fingerprint density at radius 2 is 1.23 bits per heavy atom. The molecule has 4 aromatic carbocycles. The van der Waals surface area contributed by atoms with E-state index in [1.165, 1.54) is 12.1 Å². The Morgan fingerprint density at radius 1 is 0.657 bits per heavy atom. The zero-order chi connectivity index (χ0) is 24.9. The first kappa shape index (κ1) is 24.4. The third-order valence-electron chi connectivity index (χ3n) is 5.82. The molecule has 0 saturated heterocycles. The van der Waals surface area contributed by atoms with E-state index >= 15 is 0 Å². The van der Waals surface area contributed by atoms with Gasteiger partial charge in [0.15, 0.2) is 0 Å². The normalized spacial score (nSPS) is 13.2. The summed E-state index contributed by atoms with van der Waals surface area (Å²) in [5.41, 5.74) is -0.605. The van der Waals surface area contributed by atoms with Gasteiger partial charge in [0.05, 0.1) is 5.56 Å². The Kier molecular flexibility index (Phi) is 7.12. The molecule has 3 nitrogen and oxygen atoms in total. The van der Waals surface area contributed by atoms with E-state index in [9.17, 15) is 18.3 Å². The lowest BCUT2D eigenvalue weighted by atomic mass is 9.83. The molecule has 0 amide bonds. The highest BCUT2D eigenvalue weighted by Crippen LogP contribution is 2.37. The van der Waals surface area contributed by atoms with Crippen LogP contribution in [0.1, 0.15) is 35.6 Å². The van der Waals surface area contributed by atoms with Gasteiger partial charge in [-0.25, -0.2) is 0 Å². The van der Waals surface area contributed by atoms with Gasteiger partial charge in [-0.3, -0.25) is 0 Å².